The molecule has 1 N–H and O–H groups in total. The number of anilines is 1. The van der Waals surface area contributed by atoms with Crippen LogP contribution in [0.2, 0.25) is 0 Å². The van der Waals surface area contributed by atoms with Crippen molar-refractivity contribution < 1.29 is 14.3 Å². The van der Waals surface area contributed by atoms with Crippen LogP contribution in [0.5, 0.6) is 0 Å². The van der Waals surface area contributed by atoms with Gasteiger partial charge in [-0.3, -0.25) is 4.79 Å². The van der Waals surface area contributed by atoms with Gasteiger partial charge in [0.05, 0.1) is 5.92 Å². The lowest BCUT2D eigenvalue weighted by molar-refractivity contribution is -0.142. The Kier molecular flexibility index (Phi) is 2.31. The maximum atomic E-state index is 13.2. The van der Waals surface area contributed by atoms with E-state index in [-0.39, 0.29) is 11.7 Å². The van der Waals surface area contributed by atoms with Gasteiger partial charge in [-0.05, 0) is 37.0 Å². The molecule has 0 aliphatic carbocycles. The monoisotopic (exact) mass is 235 g/mol. The maximum absolute atomic E-state index is 13.2. The van der Waals surface area contributed by atoms with Gasteiger partial charge in [0.15, 0.2) is 0 Å². The van der Waals surface area contributed by atoms with Gasteiger partial charge in [0.1, 0.15) is 5.82 Å². The summed E-state index contributed by atoms with van der Waals surface area (Å²) in [5.74, 6) is -1.31. The third kappa shape index (κ3) is 1.68. The normalized spacial score (nSPS) is 26.5. The highest BCUT2D eigenvalue weighted by Gasteiger charge is 2.37. The molecule has 4 heteroatoms. The summed E-state index contributed by atoms with van der Waals surface area (Å²) in [6, 6.07) is 5.19. The number of fused-ring (bicyclic) bond motifs is 3. The van der Waals surface area contributed by atoms with Crippen LogP contribution in [0.25, 0.3) is 0 Å². The minimum absolute atomic E-state index is 0.248. The average molecular weight is 235 g/mol. The van der Waals surface area contributed by atoms with Crippen LogP contribution >= 0.6 is 0 Å². The Morgan fingerprint density at radius 3 is 3.00 bits per heavy atom. The summed E-state index contributed by atoms with van der Waals surface area (Å²) in [6.07, 6.45) is 2.53. The Hall–Kier alpha value is -1.58. The zero-order chi connectivity index (χ0) is 12.0. The lowest BCUT2D eigenvalue weighted by Crippen LogP contribution is -2.43. The van der Waals surface area contributed by atoms with Gasteiger partial charge in [0, 0.05) is 18.3 Å². The first kappa shape index (κ1) is 10.6. The maximum Gasteiger partial charge on any atom is 0.308 e. The second-order valence-corrected chi connectivity index (χ2v) is 4.90. The van der Waals surface area contributed by atoms with Crippen LogP contribution in [-0.4, -0.2) is 23.7 Å². The Morgan fingerprint density at radius 1 is 1.41 bits per heavy atom. The van der Waals surface area contributed by atoms with E-state index in [1.807, 2.05) is 6.07 Å². The van der Waals surface area contributed by atoms with E-state index in [2.05, 4.69) is 4.90 Å². The molecule has 1 saturated heterocycles. The van der Waals surface area contributed by atoms with E-state index in [0.29, 0.717) is 12.6 Å². The quantitative estimate of drug-likeness (QED) is 0.810. The number of hydrogen-bond donors (Lipinski definition) is 1. The van der Waals surface area contributed by atoms with E-state index in [0.717, 1.165) is 30.5 Å². The van der Waals surface area contributed by atoms with Crippen molar-refractivity contribution in [1.29, 1.82) is 0 Å². The highest BCUT2D eigenvalue weighted by Crippen LogP contribution is 2.38. The molecule has 2 atom stereocenters. The predicted octanol–water partition coefficient (Wildman–Crippen LogP) is 2.05. The summed E-state index contributed by atoms with van der Waals surface area (Å²) in [6.45, 7) is 0.510. The van der Waals surface area contributed by atoms with Gasteiger partial charge in [-0.25, -0.2) is 4.39 Å². The summed E-state index contributed by atoms with van der Waals surface area (Å²) in [4.78, 5) is 13.1. The summed E-state index contributed by atoms with van der Waals surface area (Å²) in [7, 11) is 0. The summed E-state index contributed by atoms with van der Waals surface area (Å²) in [5, 5.41) is 9.06. The highest BCUT2D eigenvalue weighted by molar-refractivity contribution is 5.72. The summed E-state index contributed by atoms with van der Waals surface area (Å²) < 4.78 is 13.2. The Balaban J connectivity index is 1.92. The van der Waals surface area contributed by atoms with Crippen LogP contribution in [0.15, 0.2) is 18.2 Å². The third-order valence-corrected chi connectivity index (χ3v) is 3.87. The van der Waals surface area contributed by atoms with Crippen LogP contribution in [0.4, 0.5) is 10.1 Å². The van der Waals surface area contributed by atoms with E-state index < -0.39 is 5.97 Å². The highest BCUT2D eigenvalue weighted by atomic mass is 19.1. The molecule has 2 heterocycles. The number of benzene rings is 1. The molecule has 1 aromatic rings. The molecule has 1 aromatic carbocycles. The topological polar surface area (TPSA) is 40.5 Å². The SMILES string of the molecule is O=C(O)C1CCC2Cc3ccc(F)cc3N2C1. The van der Waals surface area contributed by atoms with E-state index in [1.165, 1.54) is 12.1 Å². The molecule has 2 unspecified atom stereocenters. The van der Waals surface area contributed by atoms with Crippen molar-refractivity contribution in [1.82, 2.24) is 0 Å². The van der Waals surface area contributed by atoms with Gasteiger partial charge in [0.2, 0.25) is 0 Å². The zero-order valence-corrected chi connectivity index (χ0v) is 9.40. The molecule has 0 spiro atoms. The number of halogens is 1. The number of hydrogen-bond acceptors (Lipinski definition) is 2. The lowest BCUT2D eigenvalue weighted by atomic mass is 9.93. The molecule has 0 radical (unpaired) electrons. The van der Waals surface area contributed by atoms with Crippen LogP contribution < -0.4 is 4.90 Å². The van der Waals surface area contributed by atoms with Crippen molar-refractivity contribution in [3.05, 3.63) is 29.6 Å². The molecule has 0 aromatic heterocycles. The van der Waals surface area contributed by atoms with Gasteiger partial charge in [0.25, 0.3) is 0 Å². The standard InChI is InChI=1S/C13H14FNO2/c14-10-3-1-8-5-11-4-2-9(13(16)17)7-15(11)12(8)6-10/h1,3,6,9,11H,2,4-5,7H2,(H,16,17). The molecule has 0 amide bonds. The fraction of sp³-hybridized carbons (Fsp3) is 0.462. The fourth-order valence-corrected chi connectivity index (χ4v) is 2.97. The molecule has 3 nitrogen and oxygen atoms in total. The third-order valence-electron chi connectivity index (χ3n) is 3.87. The number of aliphatic carboxylic acids is 1. The van der Waals surface area contributed by atoms with Crippen molar-refractivity contribution in [3.63, 3.8) is 0 Å². The number of carboxylic acid groups (broad SMARTS) is 1. The van der Waals surface area contributed by atoms with Gasteiger partial charge in [-0.1, -0.05) is 6.07 Å². The van der Waals surface area contributed by atoms with Gasteiger partial charge in [-0.2, -0.15) is 0 Å². The van der Waals surface area contributed by atoms with Crippen molar-refractivity contribution in [2.45, 2.75) is 25.3 Å². The molecule has 2 aliphatic rings. The van der Waals surface area contributed by atoms with E-state index in [4.69, 9.17) is 5.11 Å². The summed E-state index contributed by atoms with van der Waals surface area (Å²) >= 11 is 0. The molecule has 90 valence electrons. The summed E-state index contributed by atoms with van der Waals surface area (Å²) in [5.41, 5.74) is 2.03. The van der Waals surface area contributed by atoms with Crippen LogP contribution in [0.1, 0.15) is 18.4 Å². The van der Waals surface area contributed by atoms with E-state index in [1.54, 1.807) is 0 Å². The molecule has 3 rings (SSSR count). The van der Waals surface area contributed by atoms with Gasteiger partial charge >= 0.3 is 5.97 Å². The molecular formula is C13H14FNO2. The van der Waals surface area contributed by atoms with Gasteiger partial charge < -0.3 is 10.0 Å². The average Bonchev–Trinajstić information content (AvgIpc) is 2.66. The molecular weight excluding hydrogens is 221 g/mol. The van der Waals surface area contributed by atoms with Crippen molar-refractivity contribution in [3.8, 4) is 0 Å². The van der Waals surface area contributed by atoms with E-state index >= 15 is 0 Å². The first-order valence-corrected chi connectivity index (χ1v) is 5.93. The minimum Gasteiger partial charge on any atom is -0.481 e. The number of nitrogens with zero attached hydrogens (tertiary/aromatic N) is 1. The number of rotatable bonds is 1. The van der Waals surface area contributed by atoms with Crippen molar-refractivity contribution in [2.24, 2.45) is 5.92 Å². The zero-order valence-electron chi connectivity index (χ0n) is 9.40. The number of carbonyl (C=O) groups is 1. The largest absolute Gasteiger partial charge is 0.481 e. The van der Waals surface area contributed by atoms with Gasteiger partial charge in [-0.15, -0.1) is 0 Å². The second-order valence-electron chi connectivity index (χ2n) is 4.90. The first-order valence-electron chi connectivity index (χ1n) is 5.93. The Labute approximate surface area is 98.9 Å². The molecule has 17 heavy (non-hydrogen) atoms. The lowest BCUT2D eigenvalue weighted by Gasteiger charge is -2.35. The van der Waals surface area contributed by atoms with Crippen molar-refractivity contribution >= 4 is 11.7 Å². The van der Waals surface area contributed by atoms with E-state index in [9.17, 15) is 9.18 Å². The minimum atomic E-state index is -0.742. The molecule has 1 fully saturated rings. The second kappa shape index (κ2) is 3.72. The van der Waals surface area contributed by atoms with Crippen molar-refractivity contribution in [2.75, 3.05) is 11.4 Å². The fourth-order valence-electron chi connectivity index (χ4n) is 2.97. The smallest absolute Gasteiger partial charge is 0.308 e. The van der Waals surface area contributed by atoms with Crippen LogP contribution in [0.3, 0.4) is 0 Å². The Morgan fingerprint density at radius 2 is 2.24 bits per heavy atom. The number of carboxylic acids is 1. The Bertz CT molecular complexity index is 474. The number of piperidine rings is 1. The molecule has 2 aliphatic heterocycles. The molecule has 0 bridgehead atoms. The predicted molar refractivity (Wildman–Crippen MR) is 61.6 cm³/mol. The van der Waals surface area contributed by atoms with Crippen LogP contribution in [0, 0.1) is 11.7 Å². The molecule has 0 saturated carbocycles. The first-order chi connectivity index (χ1) is 8.15. The van der Waals surface area contributed by atoms with Crippen LogP contribution in [-0.2, 0) is 11.2 Å².